The maximum Gasteiger partial charge on any atom is 0.227 e. The lowest BCUT2D eigenvalue weighted by molar-refractivity contribution is -0.136. The number of amides is 2. The Kier molecular flexibility index (Phi) is 7.36. The molecule has 1 saturated carbocycles. The molecule has 1 aromatic rings. The van der Waals surface area contributed by atoms with Crippen molar-refractivity contribution >= 4 is 23.2 Å². The van der Waals surface area contributed by atoms with Crippen molar-refractivity contribution in [1.29, 1.82) is 0 Å². The summed E-state index contributed by atoms with van der Waals surface area (Å²) in [4.78, 5) is 29.5. The van der Waals surface area contributed by atoms with Crippen LogP contribution in [-0.4, -0.2) is 36.9 Å². The lowest BCUT2D eigenvalue weighted by Gasteiger charge is -2.35. The van der Waals surface area contributed by atoms with Gasteiger partial charge in [-0.05, 0) is 54.9 Å². The molecule has 0 saturated heterocycles. The van der Waals surface area contributed by atoms with Crippen LogP contribution in [0.2, 0.25) is 0 Å². The van der Waals surface area contributed by atoms with Gasteiger partial charge in [-0.2, -0.15) is 0 Å². The minimum Gasteiger partial charge on any atom is -0.377 e. The molecule has 162 valence electrons. The summed E-state index contributed by atoms with van der Waals surface area (Å²) < 4.78 is 0. The average molecular weight is 402 g/mol. The number of benzene rings is 1. The summed E-state index contributed by atoms with van der Waals surface area (Å²) in [5, 5.41) is 3.04. The molecule has 0 radical (unpaired) electrons. The van der Waals surface area contributed by atoms with E-state index in [-0.39, 0.29) is 29.2 Å². The number of rotatable bonds is 8. The van der Waals surface area contributed by atoms with E-state index in [1.165, 1.54) is 0 Å². The molecule has 1 fully saturated rings. The molecule has 1 aliphatic carbocycles. The van der Waals surface area contributed by atoms with Crippen molar-refractivity contribution in [1.82, 2.24) is 4.90 Å². The fourth-order valence-corrected chi connectivity index (χ4v) is 3.37. The van der Waals surface area contributed by atoms with Crippen LogP contribution in [0.4, 0.5) is 11.4 Å². The summed E-state index contributed by atoms with van der Waals surface area (Å²) in [6, 6.07) is 6.14. The van der Waals surface area contributed by atoms with Gasteiger partial charge in [0, 0.05) is 50.4 Å². The van der Waals surface area contributed by atoms with Gasteiger partial charge < -0.3 is 15.1 Å². The molecule has 1 atom stereocenters. The number of nitrogens with zero attached hydrogens (tertiary/aromatic N) is 2. The molecule has 2 amide bonds. The zero-order valence-corrected chi connectivity index (χ0v) is 19.5. The Morgan fingerprint density at radius 1 is 1.14 bits per heavy atom. The van der Waals surface area contributed by atoms with Gasteiger partial charge in [0.2, 0.25) is 11.8 Å². The topological polar surface area (TPSA) is 52.7 Å². The van der Waals surface area contributed by atoms with Crippen LogP contribution in [0.15, 0.2) is 18.2 Å². The first-order valence-corrected chi connectivity index (χ1v) is 10.8. The van der Waals surface area contributed by atoms with Crippen molar-refractivity contribution in [2.24, 2.45) is 17.3 Å². The van der Waals surface area contributed by atoms with Crippen molar-refractivity contribution < 1.29 is 9.59 Å². The van der Waals surface area contributed by atoms with Crippen LogP contribution < -0.4 is 10.2 Å². The molecule has 0 heterocycles. The second-order valence-electron chi connectivity index (χ2n) is 10.2. The fourth-order valence-electron chi connectivity index (χ4n) is 3.37. The Morgan fingerprint density at radius 3 is 2.24 bits per heavy atom. The van der Waals surface area contributed by atoms with Gasteiger partial charge >= 0.3 is 0 Å². The molecular formula is C24H39N3O2. The highest BCUT2D eigenvalue weighted by molar-refractivity contribution is 5.94. The highest BCUT2D eigenvalue weighted by atomic mass is 16.2. The van der Waals surface area contributed by atoms with Gasteiger partial charge in [0.1, 0.15) is 0 Å². The summed E-state index contributed by atoms with van der Waals surface area (Å²) in [6.07, 6.45) is 2.48. The van der Waals surface area contributed by atoms with Crippen LogP contribution in [0.3, 0.4) is 0 Å². The molecule has 2 rings (SSSR count). The predicted molar refractivity (Wildman–Crippen MR) is 121 cm³/mol. The first kappa shape index (κ1) is 23.2. The third-order valence-corrected chi connectivity index (χ3v) is 5.58. The van der Waals surface area contributed by atoms with E-state index >= 15 is 0 Å². The molecule has 0 unspecified atom stereocenters. The van der Waals surface area contributed by atoms with Crippen molar-refractivity contribution in [3.63, 3.8) is 0 Å². The van der Waals surface area contributed by atoms with Gasteiger partial charge in [-0.1, -0.05) is 34.6 Å². The van der Waals surface area contributed by atoms with Gasteiger partial charge in [-0.15, -0.1) is 0 Å². The van der Waals surface area contributed by atoms with E-state index in [1.807, 2.05) is 37.2 Å². The largest absolute Gasteiger partial charge is 0.377 e. The van der Waals surface area contributed by atoms with E-state index in [0.29, 0.717) is 18.9 Å². The van der Waals surface area contributed by atoms with Crippen molar-refractivity contribution in [2.45, 2.75) is 73.4 Å². The molecule has 0 spiro atoms. The van der Waals surface area contributed by atoms with Gasteiger partial charge in [-0.3, -0.25) is 9.59 Å². The standard InChI is InChI=1S/C24H39N3O2/c1-16(2)17(3)27(22(28)14-24(4,5)6)15-19-13-20(11-12-21(19)26(7)8)25-23(29)18-9-10-18/h11-13,16-18H,9-10,14-15H2,1-8H3,(H,25,29)/t17-/m1/s1. The van der Waals surface area contributed by atoms with Gasteiger partial charge in [-0.25, -0.2) is 0 Å². The van der Waals surface area contributed by atoms with Crippen LogP contribution in [-0.2, 0) is 16.1 Å². The number of carbonyl (C=O) groups excluding carboxylic acids is 2. The van der Waals surface area contributed by atoms with Crippen LogP contribution in [0, 0.1) is 17.3 Å². The molecule has 1 aliphatic rings. The molecule has 5 heteroatoms. The van der Waals surface area contributed by atoms with Crippen LogP contribution in [0.5, 0.6) is 0 Å². The number of carbonyl (C=O) groups is 2. The quantitative estimate of drug-likeness (QED) is 0.673. The van der Waals surface area contributed by atoms with E-state index in [9.17, 15) is 9.59 Å². The monoisotopic (exact) mass is 401 g/mol. The van der Waals surface area contributed by atoms with Crippen molar-refractivity contribution in [2.75, 3.05) is 24.3 Å². The molecule has 0 bridgehead atoms. The van der Waals surface area contributed by atoms with E-state index in [0.717, 1.165) is 29.8 Å². The number of nitrogens with one attached hydrogen (secondary N) is 1. The summed E-state index contributed by atoms with van der Waals surface area (Å²) in [5.41, 5.74) is 2.87. The smallest absolute Gasteiger partial charge is 0.227 e. The normalized spacial score (nSPS) is 15.2. The second kappa shape index (κ2) is 9.19. The van der Waals surface area contributed by atoms with E-state index in [4.69, 9.17) is 0 Å². The molecule has 29 heavy (non-hydrogen) atoms. The predicted octanol–water partition coefficient (Wildman–Crippen LogP) is 4.91. The molecule has 0 aliphatic heterocycles. The number of hydrogen-bond acceptors (Lipinski definition) is 3. The molecule has 1 N–H and O–H groups in total. The third-order valence-electron chi connectivity index (χ3n) is 5.58. The summed E-state index contributed by atoms with van der Waals surface area (Å²) in [5.74, 6) is 0.804. The average Bonchev–Trinajstić information content (AvgIpc) is 3.42. The molecule has 1 aromatic carbocycles. The zero-order valence-electron chi connectivity index (χ0n) is 19.5. The molecular weight excluding hydrogens is 362 g/mol. The van der Waals surface area contributed by atoms with Gasteiger partial charge in [0.05, 0.1) is 0 Å². The number of hydrogen-bond donors (Lipinski definition) is 1. The first-order valence-electron chi connectivity index (χ1n) is 10.8. The van der Waals surface area contributed by atoms with E-state index < -0.39 is 0 Å². The second-order valence-corrected chi connectivity index (χ2v) is 10.2. The summed E-state index contributed by atoms with van der Waals surface area (Å²) in [6.45, 7) is 13.3. The first-order chi connectivity index (χ1) is 13.4. The Bertz CT molecular complexity index is 730. The summed E-state index contributed by atoms with van der Waals surface area (Å²) in [7, 11) is 4.02. The van der Waals surface area contributed by atoms with E-state index in [1.54, 1.807) is 0 Å². The lowest BCUT2D eigenvalue weighted by atomic mass is 9.90. The van der Waals surface area contributed by atoms with Crippen LogP contribution in [0.25, 0.3) is 0 Å². The minimum absolute atomic E-state index is 0.0590. The third kappa shape index (κ3) is 6.76. The van der Waals surface area contributed by atoms with Gasteiger partial charge in [0.25, 0.3) is 0 Å². The maximum absolute atomic E-state index is 13.2. The SMILES string of the molecule is CC(C)[C@@H](C)N(Cc1cc(NC(=O)C2CC2)ccc1N(C)C)C(=O)CC(C)(C)C. The minimum atomic E-state index is -0.0590. The van der Waals surface area contributed by atoms with Crippen LogP contribution in [0.1, 0.15) is 66.4 Å². The Morgan fingerprint density at radius 2 is 1.76 bits per heavy atom. The Hall–Kier alpha value is -2.04. The van der Waals surface area contributed by atoms with Crippen molar-refractivity contribution in [3.05, 3.63) is 23.8 Å². The van der Waals surface area contributed by atoms with E-state index in [2.05, 4.69) is 51.8 Å². The fraction of sp³-hybridized carbons (Fsp3) is 0.667. The highest BCUT2D eigenvalue weighted by Crippen LogP contribution is 2.32. The lowest BCUT2D eigenvalue weighted by Crippen LogP contribution is -2.42. The Labute approximate surface area is 176 Å². The Balaban J connectivity index is 2.33. The number of anilines is 2. The highest BCUT2D eigenvalue weighted by Gasteiger charge is 2.30. The molecule has 0 aromatic heterocycles. The van der Waals surface area contributed by atoms with Crippen molar-refractivity contribution in [3.8, 4) is 0 Å². The maximum atomic E-state index is 13.2. The summed E-state index contributed by atoms with van der Waals surface area (Å²) >= 11 is 0. The van der Waals surface area contributed by atoms with Gasteiger partial charge in [0.15, 0.2) is 0 Å². The van der Waals surface area contributed by atoms with Crippen LogP contribution >= 0.6 is 0 Å². The molecule has 5 nitrogen and oxygen atoms in total. The zero-order chi connectivity index (χ0) is 21.9.